The first-order chi connectivity index (χ1) is 19.7. The molecule has 1 aromatic carbocycles. The first-order valence-electron chi connectivity index (χ1n) is 13.4. The SMILES string of the molecule is Cc1ccnc(C(C)C)c1-n1c(=O)nc2c3c([nH]c(=O)c(F)c31)OC[C@H]1CN(C(=O)OCc3ccccc3)CCN21. The highest BCUT2D eigenvalue weighted by Crippen LogP contribution is 2.37. The van der Waals surface area contributed by atoms with Crippen molar-refractivity contribution in [2.24, 2.45) is 0 Å². The maximum absolute atomic E-state index is 15.8. The lowest BCUT2D eigenvalue weighted by Crippen LogP contribution is -2.57. The Hall–Kier alpha value is -4.74. The first kappa shape index (κ1) is 26.5. The van der Waals surface area contributed by atoms with Crippen LogP contribution in [0.15, 0.2) is 52.2 Å². The molecule has 11 nitrogen and oxygen atoms in total. The number of anilines is 1. The number of carbonyl (C=O) groups excluding carboxylic acids is 1. The van der Waals surface area contributed by atoms with E-state index in [9.17, 15) is 14.4 Å². The lowest BCUT2D eigenvalue weighted by Gasteiger charge is -2.40. The summed E-state index contributed by atoms with van der Waals surface area (Å²) >= 11 is 0. The third-order valence-corrected chi connectivity index (χ3v) is 7.50. The number of amides is 1. The first-order valence-corrected chi connectivity index (χ1v) is 13.4. The van der Waals surface area contributed by atoms with Crippen molar-refractivity contribution in [1.29, 1.82) is 0 Å². The van der Waals surface area contributed by atoms with Crippen LogP contribution in [0.5, 0.6) is 5.88 Å². The Morgan fingerprint density at radius 3 is 2.73 bits per heavy atom. The van der Waals surface area contributed by atoms with Gasteiger partial charge in [0.25, 0.3) is 5.56 Å². The van der Waals surface area contributed by atoms with E-state index in [0.29, 0.717) is 23.5 Å². The van der Waals surface area contributed by atoms with Crippen LogP contribution in [0.3, 0.4) is 0 Å². The van der Waals surface area contributed by atoms with Gasteiger partial charge in [0.1, 0.15) is 29.9 Å². The fraction of sp³-hybridized carbons (Fsp3) is 0.345. The quantitative estimate of drug-likeness (QED) is 0.404. The van der Waals surface area contributed by atoms with E-state index in [1.54, 1.807) is 24.1 Å². The van der Waals surface area contributed by atoms with Crippen LogP contribution in [0.2, 0.25) is 0 Å². The Kier molecular flexibility index (Phi) is 6.68. The summed E-state index contributed by atoms with van der Waals surface area (Å²) in [5.41, 5.74) is 0.522. The Balaban J connectivity index is 1.41. The van der Waals surface area contributed by atoms with Crippen LogP contribution in [-0.4, -0.2) is 62.8 Å². The van der Waals surface area contributed by atoms with E-state index in [4.69, 9.17) is 9.47 Å². The van der Waals surface area contributed by atoms with Gasteiger partial charge in [0.15, 0.2) is 0 Å². The molecule has 41 heavy (non-hydrogen) atoms. The van der Waals surface area contributed by atoms with E-state index >= 15 is 4.39 Å². The fourth-order valence-electron chi connectivity index (χ4n) is 5.50. The van der Waals surface area contributed by atoms with Crippen molar-refractivity contribution in [3.8, 4) is 11.6 Å². The number of hydrogen-bond acceptors (Lipinski definition) is 8. The third kappa shape index (κ3) is 4.58. The van der Waals surface area contributed by atoms with Crippen LogP contribution in [0.25, 0.3) is 16.6 Å². The minimum Gasteiger partial charge on any atom is -0.476 e. The van der Waals surface area contributed by atoms with Crippen LogP contribution in [-0.2, 0) is 11.3 Å². The topological polar surface area (TPSA) is 123 Å². The van der Waals surface area contributed by atoms with E-state index in [2.05, 4.69) is 15.0 Å². The summed E-state index contributed by atoms with van der Waals surface area (Å²) in [6.07, 6.45) is 1.15. The summed E-state index contributed by atoms with van der Waals surface area (Å²) < 4.78 is 28.4. The van der Waals surface area contributed by atoms with Crippen molar-refractivity contribution < 1.29 is 18.7 Å². The molecule has 0 unspecified atom stereocenters. The summed E-state index contributed by atoms with van der Waals surface area (Å²) in [5.74, 6) is -1.00. The van der Waals surface area contributed by atoms with Crippen LogP contribution in [0.4, 0.5) is 15.0 Å². The second-order valence-corrected chi connectivity index (χ2v) is 10.5. The molecule has 0 bridgehead atoms. The molecule has 2 aliphatic rings. The molecule has 6 rings (SSSR count). The number of halogens is 1. The Morgan fingerprint density at radius 2 is 1.98 bits per heavy atom. The number of hydrogen-bond donors (Lipinski definition) is 1. The Morgan fingerprint density at radius 1 is 1.20 bits per heavy atom. The average Bonchev–Trinajstić information content (AvgIpc) is 3.11. The zero-order valence-corrected chi connectivity index (χ0v) is 22.9. The minimum absolute atomic E-state index is 0.0166. The van der Waals surface area contributed by atoms with E-state index in [-0.39, 0.29) is 54.8 Å². The highest BCUT2D eigenvalue weighted by Gasteiger charge is 2.37. The van der Waals surface area contributed by atoms with Crippen LogP contribution >= 0.6 is 0 Å². The van der Waals surface area contributed by atoms with Crippen molar-refractivity contribution in [1.82, 2.24) is 24.4 Å². The number of pyridine rings is 2. The van der Waals surface area contributed by atoms with E-state index in [0.717, 1.165) is 10.1 Å². The predicted molar refractivity (Wildman–Crippen MR) is 149 cm³/mol. The molecule has 0 radical (unpaired) electrons. The van der Waals surface area contributed by atoms with Gasteiger partial charge in [-0.2, -0.15) is 9.37 Å². The average molecular weight is 561 g/mol. The highest BCUT2D eigenvalue weighted by atomic mass is 19.1. The molecule has 3 aromatic heterocycles. The second-order valence-electron chi connectivity index (χ2n) is 10.5. The van der Waals surface area contributed by atoms with Gasteiger partial charge in [0, 0.05) is 25.8 Å². The molecule has 1 atom stereocenters. The smallest absolute Gasteiger partial charge is 0.410 e. The molecule has 12 heteroatoms. The van der Waals surface area contributed by atoms with Crippen LogP contribution in [0, 0.1) is 12.7 Å². The molecule has 1 fully saturated rings. The maximum Gasteiger partial charge on any atom is 0.410 e. The number of H-pyrrole nitrogens is 1. The number of aromatic amines is 1. The molecule has 212 valence electrons. The van der Waals surface area contributed by atoms with Crippen molar-refractivity contribution in [3.63, 3.8) is 0 Å². The fourth-order valence-corrected chi connectivity index (χ4v) is 5.50. The molecular formula is C29H29FN6O5. The predicted octanol–water partition coefficient (Wildman–Crippen LogP) is 3.26. The summed E-state index contributed by atoms with van der Waals surface area (Å²) in [7, 11) is 0. The molecule has 0 spiro atoms. The van der Waals surface area contributed by atoms with Gasteiger partial charge in [-0.15, -0.1) is 0 Å². The number of aryl methyl sites for hydroxylation is 1. The standard InChI is InChI=1S/C29H29FN6O5/c1-16(2)22-23(17(3)9-10-31-22)36-24-20-25(32-28(36)38)35-12-11-34(29(39)41-14-18-7-5-4-6-8-18)13-19(35)15-40-27(20)33-26(37)21(24)30/h4-10,16,19H,11-15H2,1-3H3,(H,33,37)/t19-/m1/s1. The van der Waals surface area contributed by atoms with Crippen molar-refractivity contribution in [2.75, 3.05) is 31.1 Å². The zero-order valence-electron chi connectivity index (χ0n) is 22.9. The number of carbonyl (C=O) groups is 1. The van der Waals surface area contributed by atoms with E-state index in [1.165, 1.54) is 0 Å². The zero-order chi connectivity index (χ0) is 28.8. The molecule has 0 aliphatic carbocycles. The number of nitrogens with zero attached hydrogens (tertiary/aromatic N) is 5. The second kappa shape index (κ2) is 10.3. The highest BCUT2D eigenvalue weighted by molar-refractivity contribution is 5.96. The largest absolute Gasteiger partial charge is 0.476 e. The summed E-state index contributed by atoms with van der Waals surface area (Å²) in [6, 6.07) is 10.7. The van der Waals surface area contributed by atoms with Gasteiger partial charge < -0.3 is 19.3 Å². The van der Waals surface area contributed by atoms with Gasteiger partial charge >= 0.3 is 11.8 Å². The number of aromatic nitrogens is 4. The van der Waals surface area contributed by atoms with E-state index < -0.39 is 29.2 Å². The van der Waals surface area contributed by atoms with Gasteiger partial charge in [0.2, 0.25) is 11.7 Å². The molecule has 5 heterocycles. The van der Waals surface area contributed by atoms with Crippen molar-refractivity contribution in [3.05, 3.63) is 86.1 Å². The van der Waals surface area contributed by atoms with Gasteiger partial charge in [-0.1, -0.05) is 44.2 Å². The summed E-state index contributed by atoms with van der Waals surface area (Å²) in [4.78, 5) is 54.1. The minimum atomic E-state index is -1.12. The molecule has 0 saturated carbocycles. The monoisotopic (exact) mass is 560 g/mol. The number of ether oxygens (including phenoxy) is 2. The molecule has 4 aromatic rings. The molecule has 1 N–H and O–H groups in total. The number of piperazine rings is 1. The third-order valence-electron chi connectivity index (χ3n) is 7.50. The lowest BCUT2D eigenvalue weighted by atomic mass is 10.0. The van der Waals surface area contributed by atoms with Crippen molar-refractivity contribution in [2.45, 2.75) is 39.3 Å². The Labute approximate surface area is 234 Å². The maximum atomic E-state index is 15.8. The lowest BCUT2D eigenvalue weighted by molar-refractivity contribution is 0.0850. The molecule has 2 aliphatic heterocycles. The molecule has 1 amide bonds. The van der Waals surface area contributed by atoms with Crippen LogP contribution in [0.1, 0.15) is 36.6 Å². The normalized spacial score (nSPS) is 16.4. The number of fused-ring (bicyclic) bond motifs is 2. The number of nitrogens with one attached hydrogen (secondary N) is 1. The summed E-state index contributed by atoms with van der Waals surface area (Å²) in [5, 5.41) is 0.183. The van der Waals surface area contributed by atoms with Gasteiger partial charge in [-0.25, -0.2) is 9.59 Å². The molecule has 1 saturated heterocycles. The molecular weight excluding hydrogens is 531 g/mol. The van der Waals surface area contributed by atoms with Crippen LogP contribution < -0.4 is 20.9 Å². The van der Waals surface area contributed by atoms with Gasteiger partial charge in [0.05, 0.1) is 17.4 Å². The Bertz CT molecular complexity index is 1770. The van der Waals surface area contributed by atoms with Gasteiger partial charge in [-0.3, -0.25) is 19.3 Å². The summed E-state index contributed by atoms with van der Waals surface area (Å²) in [6.45, 7) is 6.64. The number of benzene rings is 1. The van der Waals surface area contributed by atoms with Crippen molar-refractivity contribution >= 4 is 22.8 Å². The van der Waals surface area contributed by atoms with E-state index in [1.807, 2.05) is 49.1 Å². The number of rotatable bonds is 4. The van der Waals surface area contributed by atoms with Gasteiger partial charge in [-0.05, 0) is 30.0 Å².